The molecule has 32 heavy (non-hydrogen) atoms. The van der Waals surface area contributed by atoms with Gasteiger partial charge in [-0.05, 0) is 23.8 Å². The van der Waals surface area contributed by atoms with Crippen LogP contribution in [0.3, 0.4) is 0 Å². The number of hydrogen-bond acceptors (Lipinski definition) is 3. The van der Waals surface area contributed by atoms with E-state index in [0.717, 1.165) is 5.56 Å². The van der Waals surface area contributed by atoms with Gasteiger partial charge in [0, 0.05) is 22.7 Å². The van der Waals surface area contributed by atoms with Crippen LogP contribution in [0.4, 0.5) is 14.5 Å². The molecule has 0 saturated carbocycles. The summed E-state index contributed by atoms with van der Waals surface area (Å²) in [4.78, 5) is 25.0. The summed E-state index contributed by atoms with van der Waals surface area (Å²) in [6, 6.07) is 16.1. The Hall–Kier alpha value is -4.01. The van der Waals surface area contributed by atoms with E-state index in [2.05, 4.69) is 15.7 Å². The Balaban J connectivity index is 1.39. The summed E-state index contributed by atoms with van der Waals surface area (Å²) in [7, 11) is 0. The molecule has 1 aliphatic rings. The molecular formula is C23H19F2N5O2. The van der Waals surface area contributed by atoms with Crippen molar-refractivity contribution in [1.82, 2.24) is 19.7 Å². The maximum atomic E-state index is 14.1. The molecule has 9 heteroatoms. The van der Waals surface area contributed by atoms with Gasteiger partial charge in [-0.3, -0.25) is 14.3 Å². The third kappa shape index (κ3) is 3.84. The topological polar surface area (TPSA) is 81.0 Å². The Morgan fingerprint density at radius 3 is 2.78 bits per heavy atom. The smallest absolute Gasteiger partial charge is 0.282 e. The van der Waals surface area contributed by atoms with Crippen molar-refractivity contribution in [3.63, 3.8) is 0 Å². The van der Waals surface area contributed by atoms with Crippen LogP contribution in [0.15, 0.2) is 67.0 Å². The Kier molecular flexibility index (Phi) is 4.73. The third-order valence-electron chi connectivity index (χ3n) is 5.37. The summed E-state index contributed by atoms with van der Waals surface area (Å²) in [6.07, 6.45) is 3.27. The van der Waals surface area contributed by atoms with E-state index in [4.69, 9.17) is 0 Å². The van der Waals surface area contributed by atoms with Gasteiger partial charge in [-0.1, -0.05) is 36.4 Å². The standard InChI is InChI=1S/C23H19F2N5O2/c24-23(25)13-26-22(32)20-8-16-6-7-17(9-19(16)30(20)14-23)21(31)28-18-10-27-29(12-18)11-15-4-2-1-3-5-15/h1-10,12H,11,13-14H2,(H,26,32)(H,28,31). The lowest BCUT2D eigenvalue weighted by molar-refractivity contribution is -0.00920. The van der Waals surface area contributed by atoms with Gasteiger partial charge in [0.1, 0.15) is 5.69 Å². The summed E-state index contributed by atoms with van der Waals surface area (Å²) >= 11 is 0. The average molecular weight is 435 g/mol. The second-order valence-corrected chi connectivity index (χ2v) is 7.79. The molecule has 2 amide bonds. The lowest BCUT2D eigenvalue weighted by Gasteiger charge is -2.15. The number of amides is 2. The molecule has 0 unspecified atom stereocenters. The molecule has 162 valence electrons. The molecular weight excluding hydrogens is 416 g/mol. The van der Waals surface area contributed by atoms with Crippen LogP contribution in [-0.2, 0) is 13.1 Å². The molecule has 7 nitrogen and oxygen atoms in total. The Bertz CT molecular complexity index is 1330. The van der Waals surface area contributed by atoms with Crippen molar-refractivity contribution in [2.24, 2.45) is 0 Å². The van der Waals surface area contributed by atoms with Gasteiger partial charge in [0.05, 0.1) is 31.5 Å². The number of hydrogen-bond donors (Lipinski definition) is 2. The fourth-order valence-corrected chi connectivity index (χ4v) is 3.83. The van der Waals surface area contributed by atoms with Crippen molar-refractivity contribution in [2.75, 3.05) is 11.9 Å². The van der Waals surface area contributed by atoms with Gasteiger partial charge in [0.25, 0.3) is 17.7 Å². The number of alkyl halides is 2. The van der Waals surface area contributed by atoms with Crippen molar-refractivity contribution >= 4 is 28.4 Å². The minimum Gasteiger partial charge on any atom is -0.345 e. The number of carbonyl (C=O) groups excluding carboxylic acids is 2. The van der Waals surface area contributed by atoms with Gasteiger partial charge >= 0.3 is 0 Å². The first-order chi connectivity index (χ1) is 15.4. The SMILES string of the molecule is O=C(Nc1cnn(Cc2ccccc2)c1)c1ccc2cc3n(c2c1)CC(F)(F)CNC3=O. The number of carbonyl (C=O) groups is 2. The number of nitrogens with one attached hydrogen (secondary N) is 2. The van der Waals surface area contributed by atoms with Crippen molar-refractivity contribution in [3.05, 3.63) is 83.8 Å². The lowest BCUT2D eigenvalue weighted by atomic mass is 10.1. The van der Waals surface area contributed by atoms with Gasteiger partial charge in [-0.15, -0.1) is 0 Å². The first-order valence-corrected chi connectivity index (χ1v) is 10.0. The molecule has 0 fully saturated rings. The van der Waals surface area contributed by atoms with E-state index in [1.165, 1.54) is 10.6 Å². The van der Waals surface area contributed by atoms with Gasteiger partial charge in [-0.2, -0.15) is 5.10 Å². The van der Waals surface area contributed by atoms with Gasteiger partial charge < -0.3 is 15.2 Å². The van der Waals surface area contributed by atoms with Crippen molar-refractivity contribution in [3.8, 4) is 0 Å². The summed E-state index contributed by atoms with van der Waals surface area (Å²) in [6.45, 7) is -0.792. The molecule has 0 radical (unpaired) electrons. The summed E-state index contributed by atoms with van der Waals surface area (Å²) in [5, 5.41) is 9.90. The van der Waals surface area contributed by atoms with Crippen molar-refractivity contribution in [1.29, 1.82) is 0 Å². The number of benzene rings is 2. The normalized spacial score (nSPS) is 15.1. The number of nitrogens with zero attached hydrogens (tertiary/aromatic N) is 3. The van der Waals surface area contributed by atoms with Crippen LogP contribution in [0.2, 0.25) is 0 Å². The highest BCUT2D eigenvalue weighted by Crippen LogP contribution is 2.28. The Morgan fingerprint density at radius 1 is 1.16 bits per heavy atom. The summed E-state index contributed by atoms with van der Waals surface area (Å²) in [5.74, 6) is -4.04. The predicted octanol–water partition coefficient (Wildman–Crippen LogP) is 3.52. The Morgan fingerprint density at radius 2 is 1.97 bits per heavy atom. The second kappa shape index (κ2) is 7.60. The zero-order chi connectivity index (χ0) is 22.3. The quantitative estimate of drug-likeness (QED) is 0.515. The fourth-order valence-electron chi connectivity index (χ4n) is 3.83. The summed E-state index contributed by atoms with van der Waals surface area (Å²) < 4.78 is 31.2. The van der Waals surface area contributed by atoms with Gasteiger partial charge in [0.2, 0.25) is 0 Å². The number of fused-ring (bicyclic) bond motifs is 3. The van der Waals surface area contributed by atoms with Crippen LogP contribution < -0.4 is 10.6 Å². The van der Waals surface area contributed by atoms with E-state index in [-0.39, 0.29) is 5.69 Å². The predicted molar refractivity (Wildman–Crippen MR) is 115 cm³/mol. The minimum atomic E-state index is -3.08. The third-order valence-corrected chi connectivity index (χ3v) is 5.37. The van der Waals surface area contributed by atoms with Crippen molar-refractivity contribution < 1.29 is 18.4 Å². The lowest BCUT2D eigenvalue weighted by Crippen LogP contribution is -2.35. The van der Waals surface area contributed by atoms with Crippen LogP contribution in [0.1, 0.15) is 26.4 Å². The molecule has 5 rings (SSSR count). The second-order valence-electron chi connectivity index (χ2n) is 7.79. The van der Waals surface area contributed by atoms with E-state index < -0.39 is 30.8 Å². The molecule has 0 atom stereocenters. The monoisotopic (exact) mass is 435 g/mol. The molecule has 2 aromatic heterocycles. The van der Waals surface area contributed by atoms with Crippen molar-refractivity contribution in [2.45, 2.75) is 19.0 Å². The average Bonchev–Trinajstić information content (AvgIpc) is 3.33. The van der Waals surface area contributed by atoms with Crippen LogP contribution >= 0.6 is 0 Å². The van der Waals surface area contributed by atoms with E-state index in [9.17, 15) is 18.4 Å². The summed E-state index contributed by atoms with van der Waals surface area (Å²) in [5.41, 5.74) is 2.45. The Labute approximate surface area is 181 Å². The van der Waals surface area contributed by atoms with E-state index >= 15 is 0 Å². The van der Waals surface area contributed by atoms with Crippen LogP contribution in [0.25, 0.3) is 10.9 Å². The molecule has 0 bridgehead atoms. The number of aromatic nitrogens is 3. The van der Waals surface area contributed by atoms with E-state index in [1.54, 1.807) is 35.3 Å². The number of halogens is 2. The molecule has 2 aromatic carbocycles. The first-order valence-electron chi connectivity index (χ1n) is 10.0. The molecule has 4 aromatic rings. The zero-order valence-corrected chi connectivity index (χ0v) is 16.9. The van der Waals surface area contributed by atoms with Gasteiger partial charge in [0.15, 0.2) is 0 Å². The highest BCUT2D eigenvalue weighted by molar-refractivity contribution is 6.07. The number of anilines is 1. The van der Waals surface area contributed by atoms with Gasteiger partial charge in [-0.25, -0.2) is 8.78 Å². The molecule has 3 heterocycles. The van der Waals surface area contributed by atoms with E-state index in [1.807, 2.05) is 30.3 Å². The first kappa shape index (κ1) is 19.9. The van der Waals surface area contributed by atoms with Crippen LogP contribution in [0, 0.1) is 0 Å². The highest BCUT2D eigenvalue weighted by atomic mass is 19.3. The molecule has 0 saturated heterocycles. The molecule has 0 aliphatic carbocycles. The highest BCUT2D eigenvalue weighted by Gasteiger charge is 2.35. The van der Waals surface area contributed by atoms with E-state index in [0.29, 0.717) is 28.7 Å². The maximum Gasteiger partial charge on any atom is 0.282 e. The van der Waals surface area contributed by atoms with Crippen LogP contribution in [0.5, 0.6) is 0 Å². The molecule has 1 aliphatic heterocycles. The zero-order valence-electron chi connectivity index (χ0n) is 16.9. The molecule has 0 spiro atoms. The minimum absolute atomic E-state index is 0.150. The largest absolute Gasteiger partial charge is 0.345 e. The maximum absolute atomic E-state index is 14.1. The molecule has 2 N–H and O–H groups in total. The fraction of sp³-hybridized carbons (Fsp3) is 0.174. The van der Waals surface area contributed by atoms with Crippen LogP contribution in [-0.4, -0.2) is 38.6 Å². The number of rotatable bonds is 4.